The predicted octanol–water partition coefficient (Wildman–Crippen LogP) is 5.84. The molecule has 0 aliphatic carbocycles. The third-order valence-electron chi connectivity index (χ3n) is 5.78. The molecule has 0 atom stereocenters. The lowest BCUT2D eigenvalue weighted by Gasteiger charge is -2.21. The smallest absolute Gasteiger partial charge is 0.485 e. The molecule has 1 rings (SSSR count). The van der Waals surface area contributed by atoms with Gasteiger partial charge in [0.1, 0.15) is 0 Å². The summed E-state index contributed by atoms with van der Waals surface area (Å²) in [6, 6.07) is 0. The second kappa shape index (κ2) is 19.1. The first-order valence-electron chi connectivity index (χ1n) is 12.9. The van der Waals surface area contributed by atoms with Crippen LogP contribution in [-0.4, -0.2) is 66.8 Å². The number of unbranched alkanes of at least 4 members (excludes halogenated alkanes) is 13. The maximum absolute atomic E-state index is 10.7. The fourth-order valence-corrected chi connectivity index (χ4v) is 4.26. The molecule has 0 amide bonds. The van der Waals surface area contributed by atoms with Gasteiger partial charge in [-0.2, -0.15) is 21.6 Å². The number of alkyl halides is 3. The predicted molar refractivity (Wildman–Crippen MR) is 135 cm³/mol. The monoisotopic (exact) mass is 565 g/mol. The maximum atomic E-state index is 10.7. The molecule has 13 heteroatoms. The average molecular weight is 566 g/mol. The van der Waals surface area contributed by atoms with Crippen LogP contribution in [0.1, 0.15) is 103 Å². The summed E-state index contributed by atoms with van der Waals surface area (Å²) >= 11 is 0. The number of rotatable bonds is 19. The highest BCUT2D eigenvalue weighted by Crippen LogP contribution is 2.20. The van der Waals surface area contributed by atoms with Gasteiger partial charge in [-0.1, -0.05) is 90.4 Å². The third kappa shape index (κ3) is 21.1. The van der Waals surface area contributed by atoms with Gasteiger partial charge < -0.3 is 14.4 Å². The van der Waals surface area contributed by atoms with Crippen LogP contribution in [0, 0.1) is 0 Å². The quantitative estimate of drug-likeness (QED) is 0.118. The fraction of sp³-hybridized carbons (Fsp3) is 0.913. The van der Waals surface area contributed by atoms with Crippen molar-refractivity contribution in [2.75, 3.05) is 25.5 Å². The topological polar surface area (TPSA) is 118 Å². The molecule has 0 saturated heterocycles. The minimum atomic E-state index is -6.09. The Hall–Kier alpha value is -1.05. The molecular formula is C23H44F3N2O6S2-. The Morgan fingerprint density at radius 1 is 0.722 bits per heavy atom. The molecular weight excluding hydrogens is 521 g/mol. The number of halogens is 3. The van der Waals surface area contributed by atoms with Gasteiger partial charge in [0.2, 0.25) is 0 Å². The van der Waals surface area contributed by atoms with E-state index in [-0.39, 0.29) is 5.75 Å². The van der Waals surface area contributed by atoms with Crippen molar-refractivity contribution in [3.8, 4) is 0 Å². The summed E-state index contributed by atoms with van der Waals surface area (Å²) in [4.78, 5) is 4.39. The van der Waals surface area contributed by atoms with Crippen molar-refractivity contribution < 1.29 is 39.1 Å². The van der Waals surface area contributed by atoms with Gasteiger partial charge in [-0.15, -0.1) is 0 Å². The van der Waals surface area contributed by atoms with E-state index in [1.165, 1.54) is 89.9 Å². The average Bonchev–Trinajstić information content (AvgIpc) is 3.19. The van der Waals surface area contributed by atoms with E-state index in [9.17, 15) is 21.6 Å². The number of nitrogens with zero attached hydrogens (tertiary/aromatic N) is 2. The molecule has 1 aliphatic rings. The molecule has 0 aromatic carbocycles. The Labute approximate surface area is 215 Å². The van der Waals surface area contributed by atoms with E-state index >= 15 is 0 Å². The minimum absolute atomic E-state index is 0.156. The Morgan fingerprint density at radius 3 is 1.39 bits per heavy atom. The van der Waals surface area contributed by atoms with Crippen LogP contribution in [-0.2, 0) is 20.2 Å². The normalized spacial score (nSPS) is 14.3. The van der Waals surface area contributed by atoms with E-state index in [2.05, 4.69) is 22.9 Å². The van der Waals surface area contributed by atoms with Crippen molar-refractivity contribution in [2.24, 2.45) is 0 Å². The van der Waals surface area contributed by atoms with Crippen LogP contribution in [0.3, 0.4) is 0 Å². The van der Waals surface area contributed by atoms with Crippen molar-refractivity contribution >= 4 is 20.2 Å². The molecule has 0 bridgehead atoms. The van der Waals surface area contributed by atoms with E-state index in [1.54, 1.807) is 0 Å². The van der Waals surface area contributed by atoms with Gasteiger partial charge in [-0.3, -0.25) is 4.55 Å². The first kappa shape index (κ1) is 35.0. The summed E-state index contributed by atoms with van der Waals surface area (Å²) in [6.07, 6.45) is 23.9. The largest absolute Gasteiger partial charge is 0.741 e. The van der Waals surface area contributed by atoms with Crippen molar-refractivity contribution in [2.45, 2.75) is 109 Å². The lowest BCUT2D eigenvalue weighted by atomic mass is 10.0. The molecule has 1 N–H and O–H groups in total. The zero-order chi connectivity index (χ0) is 27.5. The molecule has 1 aliphatic heterocycles. The Kier molecular flexibility index (Phi) is 18.5. The van der Waals surface area contributed by atoms with E-state index in [1.807, 2.05) is 6.20 Å². The number of hydrogen-bond donors (Lipinski definition) is 1. The lowest BCUT2D eigenvalue weighted by molar-refractivity contribution is -0.0517. The van der Waals surface area contributed by atoms with E-state index in [4.69, 9.17) is 17.5 Å². The molecule has 0 fully saturated rings. The number of hydrogen-bond acceptors (Lipinski definition) is 7. The third-order valence-corrected chi connectivity index (χ3v) is 7.15. The standard InChI is InChI=1S/C22H44N2O3S.CHF3O3S/c1-2-3-4-5-6-7-8-9-10-11-12-13-14-15-17-23-19-20-24(22-23)18-16-21-28(25,26)27;2-1(3,4)8(5,6)7/h19-20H,2-18,21-22H2,1H3,(H,25,26,27);(H,5,6,7)/p-1. The SMILES string of the molecule is CCCCCCCCCCCCCCCCN1C=CN(CCCS(=O)(=O)O)C1.O=S(=O)([O-])C(F)(F)F. The van der Waals surface area contributed by atoms with Crippen LogP contribution < -0.4 is 0 Å². The van der Waals surface area contributed by atoms with Gasteiger partial charge in [0.25, 0.3) is 10.1 Å². The lowest BCUT2D eigenvalue weighted by Crippen LogP contribution is -2.27. The zero-order valence-electron chi connectivity index (χ0n) is 21.4. The van der Waals surface area contributed by atoms with Crippen molar-refractivity contribution in [1.29, 1.82) is 0 Å². The Bertz CT molecular complexity index is 790. The molecule has 8 nitrogen and oxygen atoms in total. The molecule has 216 valence electrons. The van der Waals surface area contributed by atoms with Crippen LogP contribution in [0.15, 0.2) is 12.4 Å². The van der Waals surface area contributed by atoms with Gasteiger partial charge >= 0.3 is 5.51 Å². The van der Waals surface area contributed by atoms with Crippen LogP contribution in [0.4, 0.5) is 13.2 Å². The summed E-state index contributed by atoms with van der Waals surface area (Å²) in [7, 11) is -9.92. The maximum Gasteiger partial charge on any atom is 0.485 e. The highest BCUT2D eigenvalue weighted by atomic mass is 32.2. The van der Waals surface area contributed by atoms with Gasteiger partial charge in [-0.25, -0.2) is 8.42 Å². The summed E-state index contributed by atoms with van der Waals surface area (Å²) in [6.45, 7) is 4.86. The zero-order valence-corrected chi connectivity index (χ0v) is 23.1. The second-order valence-electron chi connectivity index (χ2n) is 9.20. The summed E-state index contributed by atoms with van der Waals surface area (Å²) in [5.74, 6) is -0.156. The second-order valence-corrected chi connectivity index (χ2v) is 12.1. The van der Waals surface area contributed by atoms with Gasteiger partial charge in [0, 0.05) is 25.5 Å². The molecule has 0 saturated carbocycles. The van der Waals surface area contributed by atoms with Crippen molar-refractivity contribution in [3.63, 3.8) is 0 Å². The van der Waals surface area contributed by atoms with E-state index in [0.717, 1.165) is 13.2 Å². The van der Waals surface area contributed by atoms with Crippen LogP contribution in [0.25, 0.3) is 0 Å². The summed E-state index contributed by atoms with van der Waals surface area (Å²) < 4.78 is 89.1. The van der Waals surface area contributed by atoms with Gasteiger partial charge in [-0.05, 0) is 12.8 Å². The molecule has 0 spiro atoms. The molecule has 0 radical (unpaired) electrons. The summed E-state index contributed by atoms with van der Waals surface area (Å²) in [5, 5.41) is 0. The minimum Gasteiger partial charge on any atom is -0.741 e. The Morgan fingerprint density at radius 2 is 1.06 bits per heavy atom. The molecule has 0 aromatic rings. The summed E-state index contributed by atoms with van der Waals surface area (Å²) in [5.41, 5.74) is -5.65. The molecule has 36 heavy (non-hydrogen) atoms. The first-order chi connectivity index (χ1) is 16.8. The Balaban J connectivity index is 0.00000131. The van der Waals surface area contributed by atoms with Gasteiger partial charge in [0.05, 0.1) is 12.4 Å². The van der Waals surface area contributed by atoms with Crippen molar-refractivity contribution in [1.82, 2.24) is 9.80 Å². The van der Waals surface area contributed by atoms with Crippen LogP contribution >= 0.6 is 0 Å². The molecule has 0 aromatic heterocycles. The molecule has 0 unspecified atom stereocenters. The first-order valence-corrected chi connectivity index (χ1v) is 15.9. The highest BCUT2D eigenvalue weighted by Gasteiger charge is 2.36. The van der Waals surface area contributed by atoms with Crippen LogP contribution in [0.2, 0.25) is 0 Å². The van der Waals surface area contributed by atoms with E-state index < -0.39 is 25.7 Å². The highest BCUT2D eigenvalue weighted by molar-refractivity contribution is 7.86. The fourth-order valence-electron chi connectivity index (χ4n) is 3.77. The van der Waals surface area contributed by atoms with Crippen LogP contribution in [0.5, 0.6) is 0 Å². The van der Waals surface area contributed by atoms with E-state index in [0.29, 0.717) is 13.0 Å². The van der Waals surface area contributed by atoms with Gasteiger partial charge in [0.15, 0.2) is 10.1 Å². The van der Waals surface area contributed by atoms with Crippen molar-refractivity contribution in [3.05, 3.63) is 12.4 Å². The molecule has 1 heterocycles.